The molecule has 0 aliphatic carbocycles. The zero-order valence-electron chi connectivity index (χ0n) is 9.96. The number of aliphatic hydroxyl groups excluding tert-OH is 1. The standard InChI is InChI=1S/C15H16ClNO/c16-13-8-4-7-12(9-13)15(14(18)10-17)11-5-2-1-3-6-11/h1-9,14-15,18H,10,17H2. The molecule has 3 N–H and O–H groups in total. The third kappa shape index (κ3) is 2.91. The van der Waals surface area contributed by atoms with Crippen LogP contribution < -0.4 is 5.73 Å². The second-order valence-electron chi connectivity index (χ2n) is 4.25. The highest BCUT2D eigenvalue weighted by molar-refractivity contribution is 6.30. The Bertz CT molecular complexity index is 501. The molecule has 94 valence electrons. The van der Waals surface area contributed by atoms with E-state index in [-0.39, 0.29) is 12.5 Å². The van der Waals surface area contributed by atoms with E-state index in [1.807, 2.05) is 54.6 Å². The maximum Gasteiger partial charge on any atom is 0.0771 e. The number of hydrogen-bond donors (Lipinski definition) is 2. The number of hydrogen-bond acceptors (Lipinski definition) is 2. The van der Waals surface area contributed by atoms with Crippen LogP contribution in [0.25, 0.3) is 0 Å². The van der Waals surface area contributed by atoms with Gasteiger partial charge in [0.25, 0.3) is 0 Å². The van der Waals surface area contributed by atoms with Gasteiger partial charge >= 0.3 is 0 Å². The molecule has 0 spiro atoms. The van der Waals surface area contributed by atoms with E-state index in [4.69, 9.17) is 17.3 Å². The molecule has 18 heavy (non-hydrogen) atoms. The van der Waals surface area contributed by atoms with Crippen LogP contribution in [0, 0.1) is 0 Å². The molecule has 0 heterocycles. The lowest BCUT2D eigenvalue weighted by molar-refractivity contribution is 0.164. The molecule has 0 aromatic heterocycles. The van der Waals surface area contributed by atoms with E-state index in [9.17, 15) is 5.11 Å². The molecule has 2 nitrogen and oxygen atoms in total. The van der Waals surface area contributed by atoms with Crippen molar-refractivity contribution in [1.82, 2.24) is 0 Å². The summed E-state index contributed by atoms with van der Waals surface area (Å²) in [5.74, 6) is -0.144. The van der Waals surface area contributed by atoms with E-state index in [1.54, 1.807) is 0 Å². The molecule has 2 aromatic rings. The van der Waals surface area contributed by atoms with Crippen molar-refractivity contribution in [2.45, 2.75) is 12.0 Å². The van der Waals surface area contributed by atoms with Crippen molar-refractivity contribution in [3.8, 4) is 0 Å². The van der Waals surface area contributed by atoms with Gasteiger partial charge in [-0.05, 0) is 23.3 Å². The lowest BCUT2D eigenvalue weighted by Crippen LogP contribution is -2.28. The van der Waals surface area contributed by atoms with Gasteiger partial charge < -0.3 is 10.8 Å². The fraction of sp³-hybridized carbons (Fsp3) is 0.200. The molecule has 2 atom stereocenters. The normalized spacial score (nSPS) is 14.2. The summed E-state index contributed by atoms with van der Waals surface area (Å²) in [6.07, 6.45) is -0.620. The van der Waals surface area contributed by atoms with Crippen molar-refractivity contribution in [1.29, 1.82) is 0 Å². The topological polar surface area (TPSA) is 46.2 Å². The van der Waals surface area contributed by atoms with Gasteiger partial charge in [-0.1, -0.05) is 54.1 Å². The quantitative estimate of drug-likeness (QED) is 0.889. The molecule has 0 aliphatic heterocycles. The average Bonchev–Trinajstić information content (AvgIpc) is 2.40. The highest BCUT2D eigenvalue weighted by Crippen LogP contribution is 2.29. The van der Waals surface area contributed by atoms with Crippen LogP contribution >= 0.6 is 11.6 Å². The predicted molar refractivity (Wildman–Crippen MR) is 74.8 cm³/mol. The third-order valence-electron chi connectivity index (χ3n) is 2.99. The first-order valence-electron chi connectivity index (χ1n) is 5.91. The van der Waals surface area contributed by atoms with Crippen LogP contribution in [0.2, 0.25) is 5.02 Å². The molecular weight excluding hydrogens is 246 g/mol. The minimum atomic E-state index is -0.620. The molecule has 0 aliphatic rings. The lowest BCUT2D eigenvalue weighted by atomic mass is 9.86. The molecule has 0 amide bonds. The summed E-state index contributed by atoms with van der Waals surface area (Å²) in [6.45, 7) is 0.214. The number of halogens is 1. The Labute approximate surface area is 112 Å². The lowest BCUT2D eigenvalue weighted by Gasteiger charge is -2.23. The molecule has 0 bridgehead atoms. The highest BCUT2D eigenvalue weighted by atomic mass is 35.5. The van der Waals surface area contributed by atoms with Crippen LogP contribution in [0.5, 0.6) is 0 Å². The van der Waals surface area contributed by atoms with Gasteiger partial charge in [-0.15, -0.1) is 0 Å². The first kappa shape index (κ1) is 13.1. The molecule has 2 rings (SSSR count). The molecule has 0 saturated heterocycles. The zero-order valence-corrected chi connectivity index (χ0v) is 10.7. The van der Waals surface area contributed by atoms with Crippen LogP contribution in [-0.2, 0) is 0 Å². The van der Waals surface area contributed by atoms with Crippen molar-refractivity contribution >= 4 is 11.6 Å². The summed E-state index contributed by atoms with van der Waals surface area (Å²) in [4.78, 5) is 0. The Balaban J connectivity index is 2.43. The van der Waals surface area contributed by atoms with Crippen molar-refractivity contribution in [3.63, 3.8) is 0 Å². The molecule has 0 fully saturated rings. The smallest absolute Gasteiger partial charge is 0.0771 e. The van der Waals surface area contributed by atoms with E-state index in [0.29, 0.717) is 5.02 Å². The first-order chi connectivity index (χ1) is 8.72. The Morgan fingerprint density at radius 2 is 1.67 bits per heavy atom. The molecule has 0 saturated carbocycles. The van der Waals surface area contributed by atoms with Crippen LogP contribution in [0.15, 0.2) is 54.6 Å². The van der Waals surface area contributed by atoms with E-state index in [1.165, 1.54) is 0 Å². The Morgan fingerprint density at radius 3 is 2.28 bits per heavy atom. The van der Waals surface area contributed by atoms with Gasteiger partial charge in [0.1, 0.15) is 0 Å². The average molecular weight is 262 g/mol. The summed E-state index contributed by atoms with van der Waals surface area (Å²) >= 11 is 6.01. The minimum absolute atomic E-state index is 0.144. The van der Waals surface area contributed by atoms with E-state index >= 15 is 0 Å². The Morgan fingerprint density at radius 1 is 1.00 bits per heavy atom. The van der Waals surface area contributed by atoms with Crippen molar-refractivity contribution in [2.24, 2.45) is 5.73 Å². The summed E-state index contributed by atoms with van der Waals surface area (Å²) < 4.78 is 0. The SMILES string of the molecule is NCC(O)C(c1ccccc1)c1cccc(Cl)c1. The maximum atomic E-state index is 10.1. The van der Waals surface area contributed by atoms with Gasteiger partial charge in [-0.3, -0.25) is 0 Å². The second kappa shape index (κ2) is 6.01. The maximum absolute atomic E-state index is 10.1. The van der Waals surface area contributed by atoms with Gasteiger partial charge in [0.2, 0.25) is 0 Å². The summed E-state index contributed by atoms with van der Waals surface area (Å²) in [5.41, 5.74) is 7.62. The molecule has 2 aromatic carbocycles. The predicted octanol–water partition coefficient (Wildman–Crippen LogP) is 2.79. The monoisotopic (exact) mass is 261 g/mol. The highest BCUT2D eigenvalue weighted by Gasteiger charge is 2.21. The van der Waals surface area contributed by atoms with Gasteiger partial charge in [-0.25, -0.2) is 0 Å². The molecule has 3 heteroatoms. The number of aliphatic hydroxyl groups is 1. The second-order valence-corrected chi connectivity index (χ2v) is 4.68. The van der Waals surface area contributed by atoms with Crippen LogP contribution in [0.1, 0.15) is 17.0 Å². The van der Waals surface area contributed by atoms with Gasteiger partial charge in [0, 0.05) is 17.5 Å². The largest absolute Gasteiger partial charge is 0.391 e. The van der Waals surface area contributed by atoms with Gasteiger partial charge in [0.15, 0.2) is 0 Å². The van der Waals surface area contributed by atoms with E-state index in [0.717, 1.165) is 11.1 Å². The molecular formula is C15H16ClNO. The third-order valence-corrected chi connectivity index (χ3v) is 3.23. The zero-order chi connectivity index (χ0) is 13.0. The number of rotatable bonds is 4. The Kier molecular flexibility index (Phi) is 4.37. The van der Waals surface area contributed by atoms with Crippen molar-refractivity contribution < 1.29 is 5.11 Å². The van der Waals surface area contributed by atoms with Crippen LogP contribution in [-0.4, -0.2) is 17.8 Å². The van der Waals surface area contributed by atoms with Gasteiger partial charge in [-0.2, -0.15) is 0 Å². The number of benzene rings is 2. The summed E-state index contributed by atoms with van der Waals surface area (Å²) in [7, 11) is 0. The Hall–Kier alpha value is -1.35. The fourth-order valence-corrected chi connectivity index (χ4v) is 2.33. The van der Waals surface area contributed by atoms with Crippen LogP contribution in [0.4, 0.5) is 0 Å². The number of nitrogens with two attached hydrogens (primary N) is 1. The van der Waals surface area contributed by atoms with Crippen molar-refractivity contribution in [3.05, 3.63) is 70.7 Å². The summed E-state index contributed by atoms with van der Waals surface area (Å²) in [6, 6.07) is 17.4. The van der Waals surface area contributed by atoms with E-state index < -0.39 is 6.10 Å². The first-order valence-corrected chi connectivity index (χ1v) is 6.28. The summed E-state index contributed by atoms with van der Waals surface area (Å²) in [5, 5.41) is 10.8. The van der Waals surface area contributed by atoms with Gasteiger partial charge in [0.05, 0.1) is 6.10 Å². The minimum Gasteiger partial charge on any atom is -0.391 e. The van der Waals surface area contributed by atoms with E-state index in [2.05, 4.69) is 0 Å². The van der Waals surface area contributed by atoms with Crippen molar-refractivity contribution in [2.75, 3.05) is 6.54 Å². The fourth-order valence-electron chi connectivity index (χ4n) is 2.13. The molecule has 2 unspecified atom stereocenters. The van der Waals surface area contributed by atoms with Crippen LogP contribution in [0.3, 0.4) is 0 Å². The molecule has 0 radical (unpaired) electrons.